The molecule has 2 unspecified atom stereocenters. The smallest absolute Gasteiger partial charge is 0.0402 e. The van der Waals surface area contributed by atoms with E-state index >= 15 is 0 Å². The molecule has 0 spiro atoms. The minimum atomic E-state index is 0.556. The van der Waals surface area contributed by atoms with Gasteiger partial charge in [0.2, 0.25) is 0 Å². The van der Waals surface area contributed by atoms with Crippen LogP contribution < -0.4 is 4.90 Å². The van der Waals surface area contributed by atoms with Crippen molar-refractivity contribution in [2.75, 3.05) is 17.3 Å². The zero-order chi connectivity index (χ0) is 10.8. The quantitative estimate of drug-likeness (QED) is 0.711. The van der Waals surface area contributed by atoms with Gasteiger partial charge in [-0.1, -0.05) is 25.1 Å². The molecule has 15 heavy (non-hydrogen) atoms. The van der Waals surface area contributed by atoms with Crippen molar-refractivity contribution in [3.63, 3.8) is 0 Å². The number of rotatable bonds is 3. The minimum Gasteiger partial charge on any atom is -0.368 e. The van der Waals surface area contributed by atoms with Crippen molar-refractivity contribution < 1.29 is 0 Å². The van der Waals surface area contributed by atoms with E-state index in [9.17, 15) is 0 Å². The van der Waals surface area contributed by atoms with Crippen LogP contribution in [0.4, 0.5) is 5.69 Å². The number of para-hydroxylation sites is 1. The molecule has 1 aliphatic rings. The third-order valence-electron chi connectivity index (χ3n) is 3.12. The number of hydrogen-bond acceptors (Lipinski definition) is 1. The molecule has 0 radical (unpaired) electrons. The van der Waals surface area contributed by atoms with E-state index in [0.717, 1.165) is 12.4 Å². The van der Waals surface area contributed by atoms with Gasteiger partial charge in [-0.3, -0.25) is 0 Å². The molecule has 0 saturated carbocycles. The van der Waals surface area contributed by atoms with Gasteiger partial charge in [-0.05, 0) is 30.9 Å². The number of alkyl halides is 1. The summed E-state index contributed by atoms with van der Waals surface area (Å²) in [4.78, 5) is 2.49. The molecule has 1 heterocycles. The van der Waals surface area contributed by atoms with Gasteiger partial charge in [-0.25, -0.2) is 0 Å². The predicted molar refractivity (Wildman–Crippen MR) is 66.8 cm³/mol. The maximum atomic E-state index is 5.88. The fourth-order valence-electron chi connectivity index (χ4n) is 2.29. The predicted octanol–water partition coefficient (Wildman–Crippen LogP) is 3.31. The lowest BCUT2D eigenvalue weighted by atomic mass is 10.1. The van der Waals surface area contributed by atoms with Crippen molar-refractivity contribution in [2.24, 2.45) is 5.92 Å². The second-order valence-electron chi connectivity index (χ2n) is 4.59. The fraction of sp³-hybridized carbons (Fsp3) is 0.538. The number of benzene rings is 1. The van der Waals surface area contributed by atoms with Gasteiger partial charge >= 0.3 is 0 Å². The van der Waals surface area contributed by atoms with Crippen LogP contribution in [0.2, 0.25) is 0 Å². The van der Waals surface area contributed by atoms with E-state index in [1.54, 1.807) is 0 Å². The van der Waals surface area contributed by atoms with Crippen LogP contribution in [0.25, 0.3) is 0 Å². The highest BCUT2D eigenvalue weighted by molar-refractivity contribution is 6.18. The average Bonchev–Trinajstić information content (AvgIpc) is 2.55. The van der Waals surface area contributed by atoms with Gasteiger partial charge < -0.3 is 4.90 Å². The van der Waals surface area contributed by atoms with Crippen LogP contribution in [0.15, 0.2) is 24.3 Å². The van der Waals surface area contributed by atoms with Crippen LogP contribution in [0, 0.1) is 5.92 Å². The topological polar surface area (TPSA) is 3.24 Å². The minimum absolute atomic E-state index is 0.556. The lowest BCUT2D eigenvalue weighted by Gasteiger charge is -2.27. The van der Waals surface area contributed by atoms with Crippen LogP contribution in [0.1, 0.15) is 19.4 Å². The Balaban J connectivity index is 2.18. The Morgan fingerprint density at radius 3 is 2.93 bits per heavy atom. The molecular formula is C13H18ClN. The van der Waals surface area contributed by atoms with Crippen molar-refractivity contribution in [1.82, 2.24) is 0 Å². The zero-order valence-corrected chi connectivity index (χ0v) is 10.2. The van der Waals surface area contributed by atoms with Gasteiger partial charge in [0, 0.05) is 24.2 Å². The van der Waals surface area contributed by atoms with Crippen molar-refractivity contribution in [1.29, 1.82) is 0 Å². The van der Waals surface area contributed by atoms with E-state index < -0.39 is 0 Å². The molecule has 2 rings (SSSR count). The summed E-state index contributed by atoms with van der Waals surface area (Å²) >= 11 is 5.88. The molecule has 0 bridgehead atoms. The first kappa shape index (κ1) is 10.8. The van der Waals surface area contributed by atoms with Crippen molar-refractivity contribution in [3.05, 3.63) is 29.8 Å². The van der Waals surface area contributed by atoms with Gasteiger partial charge in [-0.15, -0.1) is 11.6 Å². The number of hydrogen-bond donors (Lipinski definition) is 0. The third kappa shape index (κ3) is 2.12. The van der Waals surface area contributed by atoms with Crippen molar-refractivity contribution in [3.8, 4) is 0 Å². The van der Waals surface area contributed by atoms with Crippen LogP contribution >= 0.6 is 11.6 Å². The zero-order valence-electron chi connectivity index (χ0n) is 9.41. The summed E-state index contributed by atoms with van der Waals surface area (Å²) in [5.74, 6) is 1.30. The second-order valence-corrected chi connectivity index (χ2v) is 4.90. The standard InChI is InChI=1S/C13H18ClN/c1-10(8-14)9-15-11(2)7-12-5-3-4-6-13(12)15/h3-6,10-11H,7-9H2,1-2H3. The number of nitrogens with zero attached hydrogens (tertiary/aromatic N) is 1. The Morgan fingerprint density at radius 1 is 1.47 bits per heavy atom. The molecule has 82 valence electrons. The van der Waals surface area contributed by atoms with Gasteiger partial charge in [0.05, 0.1) is 0 Å². The summed E-state index contributed by atoms with van der Waals surface area (Å²) in [7, 11) is 0. The van der Waals surface area contributed by atoms with E-state index in [0.29, 0.717) is 12.0 Å². The van der Waals surface area contributed by atoms with Gasteiger partial charge in [0.1, 0.15) is 0 Å². The highest BCUT2D eigenvalue weighted by Gasteiger charge is 2.25. The molecule has 1 nitrogen and oxygen atoms in total. The molecule has 2 atom stereocenters. The molecule has 0 saturated heterocycles. The average molecular weight is 224 g/mol. The molecule has 0 amide bonds. The molecule has 0 aromatic heterocycles. The van der Waals surface area contributed by atoms with E-state index in [4.69, 9.17) is 11.6 Å². The van der Waals surface area contributed by atoms with E-state index in [-0.39, 0.29) is 0 Å². The van der Waals surface area contributed by atoms with E-state index in [1.165, 1.54) is 17.7 Å². The fourth-order valence-corrected chi connectivity index (χ4v) is 2.39. The van der Waals surface area contributed by atoms with Crippen LogP contribution in [0.5, 0.6) is 0 Å². The monoisotopic (exact) mass is 223 g/mol. The highest BCUT2D eigenvalue weighted by Crippen LogP contribution is 2.32. The molecular weight excluding hydrogens is 206 g/mol. The summed E-state index contributed by atoms with van der Waals surface area (Å²) in [5.41, 5.74) is 2.88. The largest absolute Gasteiger partial charge is 0.368 e. The Kier molecular flexibility index (Phi) is 3.20. The summed E-state index contributed by atoms with van der Waals surface area (Å²) in [5, 5.41) is 0. The van der Waals surface area contributed by atoms with Gasteiger partial charge in [0.25, 0.3) is 0 Å². The molecule has 0 aliphatic carbocycles. The second kappa shape index (κ2) is 4.44. The van der Waals surface area contributed by atoms with Crippen LogP contribution in [-0.4, -0.2) is 18.5 Å². The summed E-state index contributed by atoms with van der Waals surface area (Å²) in [6, 6.07) is 9.32. The van der Waals surface area contributed by atoms with Gasteiger partial charge in [-0.2, -0.15) is 0 Å². The molecule has 0 fully saturated rings. The number of anilines is 1. The van der Waals surface area contributed by atoms with Gasteiger partial charge in [0.15, 0.2) is 0 Å². The molecule has 1 aromatic rings. The van der Waals surface area contributed by atoms with Crippen molar-refractivity contribution in [2.45, 2.75) is 26.3 Å². The lowest BCUT2D eigenvalue weighted by Crippen LogP contribution is -2.33. The number of fused-ring (bicyclic) bond motifs is 1. The summed E-state index contributed by atoms with van der Waals surface area (Å²) in [6.07, 6.45) is 1.17. The summed E-state index contributed by atoms with van der Waals surface area (Å²) < 4.78 is 0. The molecule has 0 N–H and O–H groups in total. The first-order valence-corrected chi connectivity index (χ1v) is 6.16. The Bertz CT molecular complexity index is 337. The van der Waals surface area contributed by atoms with Crippen molar-refractivity contribution >= 4 is 17.3 Å². The normalized spacial score (nSPS) is 21.5. The van der Waals surface area contributed by atoms with E-state index in [2.05, 4.69) is 43.0 Å². The SMILES string of the molecule is CC(CCl)CN1c2ccccc2CC1C. The Hall–Kier alpha value is -0.690. The van der Waals surface area contributed by atoms with Crippen LogP contribution in [0.3, 0.4) is 0 Å². The third-order valence-corrected chi connectivity index (χ3v) is 3.65. The molecule has 1 aromatic carbocycles. The molecule has 1 aliphatic heterocycles. The highest BCUT2D eigenvalue weighted by atomic mass is 35.5. The first-order valence-electron chi connectivity index (χ1n) is 5.63. The van der Waals surface area contributed by atoms with Crippen LogP contribution in [-0.2, 0) is 6.42 Å². The lowest BCUT2D eigenvalue weighted by molar-refractivity contribution is 0.575. The first-order chi connectivity index (χ1) is 7.22. The maximum absolute atomic E-state index is 5.88. The Labute approximate surface area is 97.0 Å². The molecule has 2 heteroatoms. The maximum Gasteiger partial charge on any atom is 0.0402 e. The van der Waals surface area contributed by atoms with E-state index in [1.807, 2.05) is 0 Å². The Morgan fingerprint density at radius 2 is 2.20 bits per heavy atom. The summed E-state index contributed by atoms with van der Waals surface area (Å²) in [6.45, 7) is 5.57. The number of halogens is 1.